The molecule has 0 bridgehead atoms. The zero-order valence-corrected chi connectivity index (χ0v) is 6.09. The maximum atomic E-state index is 10.4. The van der Waals surface area contributed by atoms with Crippen LogP contribution in [-0.2, 0) is 9.53 Å². The summed E-state index contributed by atoms with van der Waals surface area (Å²) in [6.07, 6.45) is -0.562. The molecule has 0 N–H and O–H groups in total. The van der Waals surface area contributed by atoms with E-state index in [4.69, 9.17) is 0 Å². The molecule has 4 nitrogen and oxygen atoms in total. The summed E-state index contributed by atoms with van der Waals surface area (Å²) in [7, 11) is 0. The topological polar surface area (TPSA) is 57.5 Å². The highest BCUT2D eigenvalue weighted by molar-refractivity contribution is 5.90. The average Bonchev–Trinajstić information content (AvgIpc) is 1.88. The fourth-order valence-electron chi connectivity index (χ4n) is 0.337. The molecule has 0 unspecified atom stereocenters. The standard InChI is InChI=1S/C6H10NO3/c1-3-5(8)7-6(9)10-4-2/h3-4H2,1-2H3. The third kappa shape index (κ3) is 3.88. The zero-order chi connectivity index (χ0) is 7.98. The maximum absolute atomic E-state index is 10.4. The van der Waals surface area contributed by atoms with Crippen LogP contribution >= 0.6 is 0 Å². The van der Waals surface area contributed by atoms with Crippen LogP contribution in [0, 0.1) is 0 Å². The molecule has 0 aliphatic carbocycles. The molecular weight excluding hydrogens is 134 g/mol. The lowest BCUT2D eigenvalue weighted by Gasteiger charge is -1.97. The summed E-state index contributed by atoms with van der Waals surface area (Å²) >= 11 is 0. The van der Waals surface area contributed by atoms with E-state index in [1.54, 1.807) is 13.8 Å². The molecule has 0 aliphatic heterocycles. The fourth-order valence-corrected chi connectivity index (χ4v) is 0.337. The van der Waals surface area contributed by atoms with Gasteiger partial charge in [-0.15, -0.1) is 5.32 Å². The van der Waals surface area contributed by atoms with Gasteiger partial charge in [0, 0.05) is 6.42 Å². The van der Waals surface area contributed by atoms with Crippen LogP contribution in [-0.4, -0.2) is 18.6 Å². The molecular formula is C6H10NO3. The van der Waals surface area contributed by atoms with Gasteiger partial charge in [0.2, 0.25) is 0 Å². The van der Waals surface area contributed by atoms with Crippen LogP contribution in [0.3, 0.4) is 0 Å². The van der Waals surface area contributed by atoms with Crippen molar-refractivity contribution in [2.45, 2.75) is 20.3 Å². The first-order valence-corrected chi connectivity index (χ1v) is 3.12. The molecule has 10 heavy (non-hydrogen) atoms. The van der Waals surface area contributed by atoms with E-state index in [2.05, 4.69) is 10.1 Å². The zero-order valence-electron chi connectivity index (χ0n) is 6.09. The van der Waals surface area contributed by atoms with Crippen LogP contribution in [0.5, 0.6) is 0 Å². The maximum Gasteiger partial charge on any atom is 0.436 e. The van der Waals surface area contributed by atoms with Gasteiger partial charge >= 0.3 is 6.09 Å². The molecule has 0 saturated heterocycles. The van der Waals surface area contributed by atoms with Gasteiger partial charge in [-0.1, -0.05) is 6.92 Å². The number of carbonyl (C=O) groups excluding carboxylic acids is 2. The van der Waals surface area contributed by atoms with Gasteiger partial charge in [-0.2, -0.15) is 0 Å². The SMILES string of the molecule is CCOC(=O)[N]C(=O)CC. The fraction of sp³-hybridized carbons (Fsp3) is 0.667. The van der Waals surface area contributed by atoms with Crippen molar-refractivity contribution in [3.63, 3.8) is 0 Å². The number of rotatable bonds is 2. The number of imide groups is 1. The first kappa shape index (κ1) is 8.94. The lowest BCUT2D eigenvalue weighted by Crippen LogP contribution is -2.22. The molecule has 0 aromatic carbocycles. The first-order chi connectivity index (χ1) is 4.70. The molecule has 0 fully saturated rings. The van der Waals surface area contributed by atoms with E-state index >= 15 is 0 Å². The summed E-state index contributed by atoms with van der Waals surface area (Å²) < 4.78 is 4.39. The summed E-state index contributed by atoms with van der Waals surface area (Å²) in [6, 6.07) is 0. The van der Waals surface area contributed by atoms with E-state index < -0.39 is 12.0 Å². The van der Waals surface area contributed by atoms with Crippen LogP contribution in [0.4, 0.5) is 4.79 Å². The molecule has 2 amide bonds. The van der Waals surface area contributed by atoms with Crippen LogP contribution in [0.25, 0.3) is 0 Å². The number of ether oxygens (including phenoxy) is 1. The van der Waals surface area contributed by atoms with E-state index in [1.165, 1.54) is 0 Å². The highest BCUT2D eigenvalue weighted by atomic mass is 16.5. The number of hydrogen-bond acceptors (Lipinski definition) is 3. The van der Waals surface area contributed by atoms with Gasteiger partial charge in [0.25, 0.3) is 5.91 Å². The van der Waals surface area contributed by atoms with Gasteiger partial charge in [-0.25, -0.2) is 4.79 Å². The van der Waals surface area contributed by atoms with Crippen LogP contribution in [0.15, 0.2) is 0 Å². The van der Waals surface area contributed by atoms with Crippen molar-refractivity contribution in [1.29, 1.82) is 0 Å². The Labute approximate surface area is 59.6 Å². The van der Waals surface area contributed by atoms with Crippen molar-refractivity contribution >= 4 is 12.0 Å². The normalized spacial score (nSPS) is 8.60. The molecule has 0 spiro atoms. The van der Waals surface area contributed by atoms with Crippen LogP contribution in [0.1, 0.15) is 20.3 Å². The van der Waals surface area contributed by atoms with Crippen molar-refractivity contribution in [3.05, 3.63) is 0 Å². The number of nitrogens with zero attached hydrogens (tertiary/aromatic N) is 1. The highest BCUT2D eigenvalue weighted by Gasteiger charge is 2.07. The Balaban J connectivity index is 3.47. The molecule has 1 radical (unpaired) electrons. The third-order valence-corrected chi connectivity index (χ3v) is 0.786. The van der Waals surface area contributed by atoms with Crippen molar-refractivity contribution < 1.29 is 14.3 Å². The minimum Gasteiger partial charge on any atom is -0.448 e. The minimum absolute atomic E-state index is 0.235. The van der Waals surface area contributed by atoms with E-state index in [0.29, 0.717) is 0 Å². The van der Waals surface area contributed by atoms with Gasteiger partial charge < -0.3 is 4.74 Å². The monoisotopic (exact) mass is 144 g/mol. The van der Waals surface area contributed by atoms with E-state index in [0.717, 1.165) is 0 Å². The van der Waals surface area contributed by atoms with E-state index in [1.807, 2.05) is 0 Å². The Morgan fingerprint density at radius 3 is 2.40 bits per heavy atom. The highest BCUT2D eigenvalue weighted by Crippen LogP contribution is 1.82. The first-order valence-electron chi connectivity index (χ1n) is 3.12. The quantitative estimate of drug-likeness (QED) is 0.572. The van der Waals surface area contributed by atoms with Gasteiger partial charge in [0.05, 0.1) is 6.61 Å². The summed E-state index contributed by atoms with van der Waals surface area (Å²) in [5, 5.41) is 3.09. The Bertz CT molecular complexity index is 133. The Morgan fingerprint density at radius 1 is 1.40 bits per heavy atom. The second kappa shape index (κ2) is 4.78. The molecule has 0 rings (SSSR count). The number of hydrogen-bond donors (Lipinski definition) is 0. The Morgan fingerprint density at radius 2 is 2.00 bits per heavy atom. The van der Waals surface area contributed by atoms with Crippen LogP contribution < -0.4 is 5.32 Å². The molecule has 0 aliphatic rings. The Hall–Kier alpha value is -1.06. The van der Waals surface area contributed by atoms with Gasteiger partial charge in [0.1, 0.15) is 0 Å². The van der Waals surface area contributed by atoms with Gasteiger partial charge in [-0.05, 0) is 6.92 Å². The lowest BCUT2D eigenvalue weighted by molar-refractivity contribution is -0.120. The van der Waals surface area contributed by atoms with Crippen molar-refractivity contribution in [1.82, 2.24) is 5.32 Å². The van der Waals surface area contributed by atoms with Gasteiger partial charge in [0.15, 0.2) is 0 Å². The molecule has 0 saturated carbocycles. The molecule has 4 heteroatoms. The Kier molecular flexibility index (Phi) is 4.28. The third-order valence-electron chi connectivity index (χ3n) is 0.786. The molecule has 0 atom stereocenters. The molecule has 0 aromatic rings. The molecule has 0 aromatic heterocycles. The van der Waals surface area contributed by atoms with Crippen LogP contribution in [0.2, 0.25) is 0 Å². The second-order valence-corrected chi connectivity index (χ2v) is 1.56. The lowest BCUT2D eigenvalue weighted by atomic mass is 10.5. The predicted octanol–water partition coefficient (Wildman–Crippen LogP) is 0.684. The summed E-state index contributed by atoms with van der Waals surface area (Å²) in [6.45, 7) is 3.54. The largest absolute Gasteiger partial charge is 0.448 e. The van der Waals surface area contributed by atoms with E-state index in [-0.39, 0.29) is 13.0 Å². The number of amides is 2. The summed E-state index contributed by atoms with van der Waals surface area (Å²) in [4.78, 5) is 20.8. The van der Waals surface area contributed by atoms with Crippen molar-refractivity contribution in [2.75, 3.05) is 6.61 Å². The van der Waals surface area contributed by atoms with Gasteiger partial charge in [-0.3, -0.25) is 4.79 Å². The predicted molar refractivity (Wildman–Crippen MR) is 34.5 cm³/mol. The minimum atomic E-state index is -0.797. The number of carbonyl (C=O) groups is 2. The van der Waals surface area contributed by atoms with Crippen molar-refractivity contribution in [3.8, 4) is 0 Å². The van der Waals surface area contributed by atoms with Crippen molar-refractivity contribution in [2.24, 2.45) is 0 Å². The summed E-state index contributed by atoms with van der Waals surface area (Å²) in [5.41, 5.74) is 0. The van der Waals surface area contributed by atoms with E-state index in [9.17, 15) is 9.59 Å². The average molecular weight is 144 g/mol. The molecule has 57 valence electrons. The molecule has 0 heterocycles. The summed E-state index contributed by atoms with van der Waals surface area (Å²) in [5.74, 6) is -0.446. The second-order valence-electron chi connectivity index (χ2n) is 1.56. The smallest absolute Gasteiger partial charge is 0.436 e.